The van der Waals surface area contributed by atoms with Gasteiger partial charge in [-0.15, -0.1) is 11.8 Å². The van der Waals surface area contributed by atoms with Crippen LogP contribution in [0.1, 0.15) is 121 Å². The molecule has 0 bridgehead atoms. The van der Waals surface area contributed by atoms with E-state index in [-0.39, 0.29) is 126 Å². The number of aliphatic carboxylic acids is 1. The van der Waals surface area contributed by atoms with E-state index in [1.807, 2.05) is 6.92 Å². The van der Waals surface area contributed by atoms with Gasteiger partial charge in [0.15, 0.2) is 11.7 Å². The van der Waals surface area contributed by atoms with E-state index < -0.39 is 125 Å². The first kappa shape index (κ1) is 70.1. The van der Waals surface area contributed by atoms with Gasteiger partial charge in [0.05, 0.1) is 24.3 Å². The molecule has 470 valence electrons. The van der Waals surface area contributed by atoms with E-state index >= 15 is 0 Å². The van der Waals surface area contributed by atoms with Gasteiger partial charge in [-0.1, -0.05) is 62.2 Å². The summed E-state index contributed by atoms with van der Waals surface area (Å²) in [5, 5.41) is 36.7. The molecule has 2 aliphatic rings. The van der Waals surface area contributed by atoms with Gasteiger partial charge in [-0.05, 0) is 74.6 Å². The smallest absolute Gasteiger partial charge is 0.305 e. The van der Waals surface area contributed by atoms with Crippen LogP contribution in [0.15, 0.2) is 59.6 Å². The zero-order valence-corrected chi connectivity index (χ0v) is 49.3. The molecule has 4 rings (SSSR count). The fourth-order valence-electron chi connectivity index (χ4n) is 9.57. The van der Waals surface area contributed by atoms with E-state index in [0.717, 1.165) is 22.2 Å². The van der Waals surface area contributed by atoms with Crippen molar-refractivity contribution in [1.29, 1.82) is 0 Å². The first-order valence-electron chi connectivity index (χ1n) is 28.9. The van der Waals surface area contributed by atoms with Gasteiger partial charge < -0.3 is 64.6 Å². The third-order valence-electron chi connectivity index (χ3n) is 14.2. The highest BCUT2D eigenvalue weighted by Gasteiger charge is 2.40. The van der Waals surface area contributed by atoms with Crippen molar-refractivity contribution in [3.05, 3.63) is 65.7 Å². The lowest BCUT2D eigenvalue weighted by Gasteiger charge is -2.24. The largest absolute Gasteiger partial charge is 0.508 e. The highest BCUT2D eigenvalue weighted by Crippen LogP contribution is 2.27. The minimum Gasteiger partial charge on any atom is -0.508 e. The standard InChI is InChI=1S/C58H82N12O15S/c1-2-12-48(75)67-42(28-36-18-20-39(71)21-19-36)56(84)63-24-9-4-7-17-49(76)68-43(53(59)81)34-86-46-32-51(78)70(57(46)85)26-22-47(74)62-23-10-8-15-37-29-44(72)38(27-35-13-5-3-6-14-35)30-45(73)41(31-52(79)80)66-50(77)33-65-55(83)40(69-54(37)82)16-11-25-64-58(60)61/h3,5-6,13-14,18-21,37-38,40-43,46,71H,2,4,7-12,15-17,22-34H2,1H3,(H2,59,81)(H,62,74)(H,63,84)(H,65,83)(H,66,77)(H,67,75)(H,68,76)(H,69,82)(H,79,80)(H4,60,61,64)/t37?,38-,40?,41?,42?,43-,46?/m0/s1. The van der Waals surface area contributed by atoms with Crippen LogP contribution < -0.4 is 54.4 Å². The molecule has 7 atom stereocenters. The van der Waals surface area contributed by atoms with Gasteiger partial charge >= 0.3 is 5.97 Å². The number of nitrogens with two attached hydrogens (primary N) is 3. The number of carboxylic acid groups (broad SMARTS) is 1. The number of carbonyl (C=O) groups is 13. The number of hydrogen-bond donors (Lipinski definition) is 12. The van der Waals surface area contributed by atoms with Gasteiger partial charge in [0.25, 0.3) is 0 Å². The summed E-state index contributed by atoms with van der Waals surface area (Å²) < 4.78 is 0. The molecule has 0 radical (unpaired) electrons. The van der Waals surface area contributed by atoms with Crippen molar-refractivity contribution in [3.8, 4) is 5.75 Å². The SMILES string of the molecule is CCCC(=O)NC(Cc1ccc(O)cc1)C(=O)NCCCCCC(=O)N[C@@H](CSC1CC(=O)N(CCC(=O)NCCCCC2CC(=O)[C@@H](Cc3ccccc3)CC(=O)C(CC(=O)O)NC(=O)CNC(=O)C(CCCN=C(N)N)NC2=O)C1=O)C(N)=O. The maximum atomic E-state index is 14.3. The van der Waals surface area contributed by atoms with Crippen molar-refractivity contribution in [2.75, 3.05) is 38.5 Å². The number of aromatic hydroxyl groups is 1. The third-order valence-corrected chi connectivity index (χ3v) is 15.5. The second-order valence-electron chi connectivity index (χ2n) is 21.2. The number of phenolic OH excluding ortho intramolecular Hbond substituents is 1. The van der Waals surface area contributed by atoms with Crippen LogP contribution in [0.4, 0.5) is 0 Å². The number of benzene rings is 2. The van der Waals surface area contributed by atoms with Crippen LogP contribution in [-0.2, 0) is 75.2 Å². The Morgan fingerprint density at radius 2 is 1.37 bits per heavy atom. The fraction of sp³-hybridized carbons (Fsp3) is 0.552. The van der Waals surface area contributed by atoms with Crippen molar-refractivity contribution in [2.45, 2.75) is 152 Å². The summed E-state index contributed by atoms with van der Waals surface area (Å²) in [7, 11) is 0. The average Bonchev–Trinajstić information content (AvgIpc) is 3.45. The Bertz CT molecular complexity index is 2730. The molecular weight excluding hydrogens is 1140 g/mol. The first-order chi connectivity index (χ1) is 41.0. The second kappa shape index (κ2) is 37.1. The second-order valence-corrected chi connectivity index (χ2v) is 22.5. The quantitative estimate of drug-likeness (QED) is 0.0184. The highest BCUT2D eigenvalue weighted by atomic mass is 32.2. The lowest BCUT2D eigenvalue weighted by atomic mass is 9.83. The van der Waals surface area contributed by atoms with Crippen molar-refractivity contribution in [1.82, 2.24) is 42.1 Å². The molecule has 0 aliphatic carbocycles. The number of thioether (sulfide) groups is 1. The van der Waals surface area contributed by atoms with Crippen molar-refractivity contribution < 1.29 is 72.5 Å². The van der Waals surface area contributed by atoms with Gasteiger partial charge in [0.2, 0.25) is 59.1 Å². The fourth-order valence-corrected chi connectivity index (χ4v) is 10.8. The molecule has 2 heterocycles. The molecule has 0 aromatic heterocycles. The number of carboxylic acids is 1. The summed E-state index contributed by atoms with van der Waals surface area (Å²) in [6.45, 7) is 1.41. The van der Waals surface area contributed by atoms with E-state index in [0.29, 0.717) is 37.7 Å². The Labute approximate surface area is 503 Å². The molecule has 2 saturated heterocycles. The lowest BCUT2D eigenvalue weighted by Crippen LogP contribution is -2.51. The van der Waals surface area contributed by atoms with Crippen LogP contribution in [0.3, 0.4) is 0 Å². The maximum absolute atomic E-state index is 14.3. The summed E-state index contributed by atoms with van der Waals surface area (Å²) >= 11 is 0.970. The Hall–Kier alpha value is -8.43. The summed E-state index contributed by atoms with van der Waals surface area (Å²) in [5.41, 5.74) is 17.9. The number of guanidine groups is 1. The monoisotopic (exact) mass is 1220 g/mol. The number of likely N-dealkylation sites (tertiary alicyclic amines) is 1. The number of Topliss-reactive ketones (excluding diaryl/α,β-unsaturated/α-hetero) is 2. The zero-order chi connectivity index (χ0) is 63.1. The number of hydrogen-bond acceptors (Lipinski definition) is 16. The third kappa shape index (κ3) is 25.8. The summed E-state index contributed by atoms with van der Waals surface area (Å²) in [6.07, 6.45) is 1.43. The number of primary amides is 1. The number of nitrogens with one attached hydrogen (secondary N) is 7. The number of aliphatic imine (C=N–C) groups is 1. The summed E-state index contributed by atoms with van der Waals surface area (Å²) in [4.78, 5) is 175. The summed E-state index contributed by atoms with van der Waals surface area (Å²) in [6, 6.07) is 10.3. The Kier molecular flexibility index (Phi) is 30.2. The van der Waals surface area contributed by atoms with E-state index in [2.05, 4.69) is 42.2 Å². The number of rotatable bonds is 33. The molecule has 5 unspecified atom stereocenters. The van der Waals surface area contributed by atoms with Crippen LogP contribution in [0, 0.1) is 11.8 Å². The number of nitrogens with zero attached hydrogens (tertiary/aromatic N) is 2. The lowest BCUT2D eigenvalue weighted by molar-refractivity contribution is -0.141. The van der Waals surface area contributed by atoms with Crippen molar-refractivity contribution in [3.63, 3.8) is 0 Å². The Morgan fingerprint density at radius 3 is 2.06 bits per heavy atom. The van der Waals surface area contributed by atoms with Gasteiger partial charge in [-0.2, -0.15) is 0 Å². The minimum absolute atomic E-state index is 0.00980. The number of imide groups is 1. The molecule has 2 aromatic rings. The summed E-state index contributed by atoms with van der Waals surface area (Å²) in [5.74, 6) is -10.8. The average molecular weight is 1220 g/mol. The first-order valence-corrected chi connectivity index (χ1v) is 30.0. The Morgan fingerprint density at radius 1 is 0.698 bits per heavy atom. The minimum atomic E-state index is -1.52. The topological polar surface area (TPSA) is 440 Å². The molecule has 2 aromatic carbocycles. The number of phenols is 1. The molecular formula is C58H82N12O15S. The molecule has 2 fully saturated rings. The van der Waals surface area contributed by atoms with Crippen LogP contribution in [-0.4, -0.2) is 166 Å². The highest BCUT2D eigenvalue weighted by molar-refractivity contribution is 8.00. The van der Waals surface area contributed by atoms with Crippen molar-refractivity contribution >= 4 is 94.3 Å². The number of carbonyl (C=O) groups excluding carboxylic acids is 12. The Balaban J connectivity index is 1.26. The van der Waals surface area contributed by atoms with E-state index in [4.69, 9.17) is 17.2 Å². The molecule has 2 aliphatic heterocycles. The number of ketones is 2. The predicted molar refractivity (Wildman–Crippen MR) is 316 cm³/mol. The van der Waals surface area contributed by atoms with Crippen molar-refractivity contribution in [2.24, 2.45) is 34.0 Å². The number of unbranched alkanes of at least 4 members (excludes halogenated alkanes) is 3. The van der Waals surface area contributed by atoms with Crippen LogP contribution in [0.25, 0.3) is 0 Å². The normalized spacial score (nSPS) is 19.3. The van der Waals surface area contributed by atoms with Crippen LogP contribution in [0.5, 0.6) is 5.75 Å². The van der Waals surface area contributed by atoms with E-state index in [1.165, 1.54) is 12.1 Å². The number of amides is 10. The van der Waals surface area contributed by atoms with Crippen LogP contribution in [0.2, 0.25) is 0 Å². The van der Waals surface area contributed by atoms with Crippen LogP contribution >= 0.6 is 11.8 Å². The van der Waals surface area contributed by atoms with Gasteiger partial charge in [0.1, 0.15) is 29.7 Å². The van der Waals surface area contributed by atoms with E-state index in [1.54, 1.807) is 42.5 Å². The predicted octanol–water partition coefficient (Wildman–Crippen LogP) is -0.575. The van der Waals surface area contributed by atoms with Gasteiger partial charge in [0, 0.05) is 88.7 Å². The molecule has 86 heavy (non-hydrogen) atoms. The molecule has 28 heteroatoms. The maximum Gasteiger partial charge on any atom is 0.305 e. The molecule has 0 spiro atoms. The zero-order valence-electron chi connectivity index (χ0n) is 48.4. The van der Waals surface area contributed by atoms with Gasteiger partial charge in [-0.25, -0.2) is 0 Å². The molecule has 0 saturated carbocycles. The molecule has 27 nitrogen and oxygen atoms in total. The molecule has 10 amide bonds. The molecule has 15 N–H and O–H groups in total. The van der Waals surface area contributed by atoms with Gasteiger partial charge in [-0.3, -0.25) is 72.2 Å². The van der Waals surface area contributed by atoms with E-state index in [9.17, 15) is 72.5 Å².